The van der Waals surface area contributed by atoms with Gasteiger partial charge < -0.3 is 4.90 Å². The molecule has 0 radical (unpaired) electrons. The molecule has 0 heterocycles. The molecule has 0 spiro atoms. The summed E-state index contributed by atoms with van der Waals surface area (Å²) in [5.74, 6) is 0. The predicted octanol–water partition coefficient (Wildman–Crippen LogP) is 0.266. The molecular formula is C8H20N2O2S. The highest BCUT2D eigenvalue weighted by molar-refractivity contribution is 7.90. The first kappa shape index (κ1) is 12.9. The van der Waals surface area contributed by atoms with E-state index < -0.39 is 10.0 Å². The average Bonchev–Trinajstić information content (AvgIpc) is 2.03. The lowest BCUT2D eigenvalue weighted by Crippen LogP contribution is -2.36. The Labute approximate surface area is 81.4 Å². The van der Waals surface area contributed by atoms with Crippen LogP contribution in [0.3, 0.4) is 0 Å². The topological polar surface area (TPSA) is 49.4 Å². The number of rotatable bonds is 6. The van der Waals surface area contributed by atoms with Crippen molar-refractivity contribution in [2.45, 2.75) is 26.0 Å². The minimum atomic E-state index is -3.08. The summed E-state index contributed by atoms with van der Waals surface area (Å²) < 4.78 is 25.1. The molecule has 0 aromatic carbocycles. The number of sulfonamides is 1. The molecule has 0 saturated carbocycles. The number of nitrogens with zero attached hydrogens (tertiary/aromatic N) is 1. The number of hydrogen-bond donors (Lipinski definition) is 1. The number of hydrogen-bond acceptors (Lipinski definition) is 3. The summed E-state index contributed by atoms with van der Waals surface area (Å²) in [7, 11) is -1.12. The normalized spacial score (nSPS) is 12.8. The quantitative estimate of drug-likeness (QED) is 0.681. The molecule has 80 valence electrons. The Morgan fingerprint density at radius 3 is 2.31 bits per heavy atom. The predicted molar refractivity (Wildman–Crippen MR) is 55.2 cm³/mol. The van der Waals surface area contributed by atoms with Crippen LogP contribution in [0.4, 0.5) is 0 Å². The van der Waals surface area contributed by atoms with Gasteiger partial charge in [-0.05, 0) is 27.4 Å². The molecule has 0 aliphatic carbocycles. The molecule has 0 amide bonds. The SMILES string of the molecule is CCN(C)CCNS(=O)(=O)C(C)C. The van der Waals surface area contributed by atoms with Crippen LogP contribution in [0.1, 0.15) is 20.8 Å². The maximum Gasteiger partial charge on any atom is 0.213 e. The largest absolute Gasteiger partial charge is 0.305 e. The Hall–Kier alpha value is -0.130. The van der Waals surface area contributed by atoms with Crippen LogP contribution in [0.5, 0.6) is 0 Å². The Morgan fingerprint density at radius 1 is 1.38 bits per heavy atom. The van der Waals surface area contributed by atoms with Crippen molar-refractivity contribution in [3.05, 3.63) is 0 Å². The molecule has 4 nitrogen and oxygen atoms in total. The fraction of sp³-hybridized carbons (Fsp3) is 1.00. The van der Waals surface area contributed by atoms with E-state index in [9.17, 15) is 8.42 Å². The van der Waals surface area contributed by atoms with E-state index in [1.54, 1.807) is 13.8 Å². The van der Waals surface area contributed by atoms with Crippen LogP contribution in [-0.4, -0.2) is 45.2 Å². The Bertz CT molecular complexity index is 224. The minimum Gasteiger partial charge on any atom is -0.305 e. The highest BCUT2D eigenvalue weighted by Gasteiger charge is 2.14. The first-order valence-corrected chi connectivity index (χ1v) is 6.11. The second-order valence-corrected chi connectivity index (χ2v) is 5.71. The van der Waals surface area contributed by atoms with Crippen LogP contribution >= 0.6 is 0 Å². The highest BCUT2D eigenvalue weighted by atomic mass is 32.2. The summed E-state index contributed by atoms with van der Waals surface area (Å²) in [5.41, 5.74) is 0. The van der Waals surface area contributed by atoms with Gasteiger partial charge in [-0.15, -0.1) is 0 Å². The number of likely N-dealkylation sites (N-methyl/N-ethyl adjacent to an activating group) is 1. The summed E-state index contributed by atoms with van der Waals surface area (Å²) in [6.45, 7) is 7.56. The summed E-state index contributed by atoms with van der Waals surface area (Å²) >= 11 is 0. The lowest BCUT2D eigenvalue weighted by Gasteiger charge is -2.15. The fourth-order valence-electron chi connectivity index (χ4n) is 0.704. The zero-order valence-electron chi connectivity index (χ0n) is 8.87. The summed E-state index contributed by atoms with van der Waals surface area (Å²) in [4.78, 5) is 2.06. The van der Waals surface area contributed by atoms with Crippen LogP contribution in [0, 0.1) is 0 Å². The zero-order chi connectivity index (χ0) is 10.5. The smallest absolute Gasteiger partial charge is 0.213 e. The second-order valence-electron chi connectivity index (χ2n) is 3.38. The highest BCUT2D eigenvalue weighted by Crippen LogP contribution is 1.94. The van der Waals surface area contributed by atoms with Crippen molar-refractivity contribution in [3.8, 4) is 0 Å². The number of nitrogens with one attached hydrogen (secondary N) is 1. The summed E-state index contributed by atoms with van der Waals surface area (Å²) in [6, 6.07) is 0. The van der Waals surface area contributed by atoms with E-state index in [1.807, 2.05) is 14.0 Å². The summed E-state index contributed by atoms with van der Waals surface area (Å²) in [6.07, 6.45) is 0. The third-order valence-electron chi connectivity index (χ3n) is 1.96. The van der Waals surface area contributed by atoms with Gasteiger partial charge in [0, 0.05) is 13.1 Å². The van der Waals surface area contributed by atoms with E-state index >= 15 is 0 Å². The van der Waals surface area contributed by atoms with Crippen molar-refractivity contribution in [2.24, 2.45) is 0 Å². The van der Waals surface area contributed by atoms with Gasteiger partial charge in [0.2, 0.25) is 10.0 Å². The monoisotopic (exact) mass is 208 g/mol. The Kier molecular flexibility index (Phi) is 5.51. The first-order chi connectivity index (χ1) is 5.90. The molecule has 0 aliphatic rings. The van der Waals surface area contributed by atoms with Gasteiger partial charge >= 0.3 is 0 Å². The van der Waals surface area contributed by atoms with E-state index in [0.29, 0.717) is 6.54 Å². The van der Waals surface area contributed by atoms with Crippen LogP contribution in [0.15, 0.2) is 0 Å². The third kappa shape index (κ3) is 5.23. The molecule has 0 aromatic heterocycles. The van der Waals surface area contributed by atoms with E-state index in [4.69, 9.17) is 0 Å². The van der Waals surface area contributed by atoms with Gasteiger partial charge in [0.05, 0.1) is 5.25 Å². The minimum absolute atomic E-state index is 0.348. The van der Waals surface area contributed by atoms with E-state index in [0.717, 1.165) is 13.1 Å². The van der Waals surface area contributed by atoms with E-state index in [2.05, 4.69) is 9.62 Å². The van der Waals surface area contributed by atoms with Crippen molar-refractivity contribution >= 4 is 10.0 Å². The Balaban J connectivity index is 3.78. The molecule has 13 heavy (non-hydrogen) atoms. The van der Waals surface area contributed by atoms with Crippen molar-refractivity contribution in [2.75, 3.05) is 26.7 Å². The first-order valence-electron chi connectivity index (χ1n) is 4.57. The van der Waals surface area contributed by atoms with Gasteiger partial charge in [-0.25, -0.2) is 13.1 Å². The Morgan fingerprint density at radius 2 is 1.92 bits per heavy atom. The van der Waals surface area contributed by atoms with Gasteiger partial charge in [-0.2, -0.15) is 0 Å². The lowest BCUT2D eigenvalue weighted by atomic mass is 10.5. The lowest BCUT2D eigenvalue weighted by molar-refractivity contribution is 0.357. The zero-order valence-corrected chi connectivity index (χ0v) is 9.69. The van der Waals surface area contributed by atoms with Gasteiger partial charge in [0.1, 0.15) is 0 Å². The molecule has 0 unspecified atom stereocenters. The molecule has 0 aliphatic heterocycles. The van der Waals surface area contributed by atoms with Crippen LogP contribution in [0.25, 0.3) is 0 Å². The molecule has 1 N–H and O–H groups in total. The van der Waals surface area contributed by atoms with Gasteiger partial charge in [-0.1, -0.05) is 6.92 Å². The molecule has 0 bridgehead atoms. The van der Waals surface area contributed by atoms with Gasteiger partial charge in [-0.3, -0.25) is 0 Å². The van der Waals surface area contributed by atoms with Crippen molar-refractivity contribution in [1.29, 1.82) is 0 Å². The van der Waals surface area contributed by atoms with Crippen LogP contribution < -0.4 is 4.72 Å². The fourth-order valence-corrected chi connectivity index (χ4v) is 1.41. The van der Waals surface area contributed by atoms with Gasteiger partial charge in [0.15, 0.2) is 0 Å². The van der Waals surface area contributed by atoms with Crippen molar-refractivity contribution < 1.29 is 8.42 Å². The average molecular weight is 208 g/mol. The van der Waals surface area contributed by atoms with Crippen LogP contribution in [-0.2, 0) is 10.0 Å². The van der Waals surface area contributed by atoms with Gasteiger partial charge in [0.25, 0.3) is 0 Å². The maximum atomic E-state index is 11.3. The van der Waals surface area contributed by atoms with Crippen LogP contribution in [0.2, 0.25) is 0 Å². The molecular weight excluding hydrogens is 188 g/mol. The molecule has 5 heteroatoms. The molecule has 0 aromatic rings. The second kappa shape index (κ2) is 5.57. The van der Waals surface area contributed by atoms with Crippen molar-refractivity contribution in [1.82, 2.24) is 9.62 Å². The summed E-state index contributed by atoms with van der Waals surface area (Å²) in [5, 5.41) is -0.348. The molecule has 0 rings (SSSR count). The van der Waals surface area contributed by atoms with E-state index in [1.165, 1.54) is 0 Å². The molecule has 0 fully saturated rings. The molecule has 0 atom stereocenters. The standard InChI is InChI=1S/C8H20N2O2S/c1-5-10(4)7-6-9-13(11,12)8(2)3/h8-9H,5-7H2,1-4H3. The van der Waals surface area contributed by atoms with Crippen molar-refractivity contribution in [3.63, 3.8) is 0 Å². The third-order valence-corrected chi connectivity index (χ3v) is 3.80. The molecule has 0 saturated heterocycles. The maximum absolute atomic E-state index is 11.3. The van der Waals surface area contributed by atoms with E-state index in [-0.39, 0.29) is 5.25 Å².